The molecule has 4 heterocycles. The molecule has 2 aromatic carbocycles. The van der Waals surface area contributed by atoms with E-state index in [1.54, 1.807) is 44.9 Å². The molecule has 16 nitrogen and oxygen atoms in total. The zero-order valence-corrected chi connectivity index (χ0v) is 34.4. The van der Waals surface area contributed by atoms with Gasteiger partial charge in [0.1, 0.15) is 23.4 Å². The van der Waals surface area contributed by atoms with Crippen LogP contribution in [0.3, 0.4) is 0 Å². The number of rotatable bonds is 4. The van der Waals surface area contributed by atoms with Gasteiger partial charge in [-0.05, 0) is 19.9 Å². The summed E-state index contributed by atoms with van der Waals surface area (Å²) in [4.78, 5) is 40.4. The Kier molecular flexibility index (Phi) is 13.5. The van der Waals surface area contributed by atoms with Crippen molar-refractivity contribution in [1.29, 1.82) is 0 Å². The van der Waals surface area contributed by atoms with Crippen molar-refractivity contribution in [3.05, 3.63) is 52.8 Å². The second-order valence-electron chi connectivity index (χ2n) is 15.6. The fraction of sp³-hybridized carbons (Fsp3) is 0.524. The van der Waals surface area contributed by atoms with Crippen LogP contribution in [0.15, 0.2) is 41.2 Å². The first-order chi connectivity index (χ1) is 27.3. The maximum atomic E-state index is 14.4. The van der Waals surface area contributed by atoms with Gasteiger partial charge in [0, 0.05) is 87.3 Å². The lowest BCUT2D eigenvalue weighted by Crippen LogP contribution is -2.46. The minimum absolute atomic E-state index is 0.0544. The van der Waals surface area contributed by atoms with Crippen molar-refractivity contribution < 1.29 is 58.9 Å². The molecule has 4 aliphatic heterocycles. The van der Waals surface area contributed by atoms with Crippen molar-refractivity contribution in [2.75, 3.05) is 38.6 Å². The molecular weight excluding hydrogens is 752 g/mol. The number of piperazine rings is 1. The minimum atomic E-state index is -2.04. The second-order valence-corrected chi connectivity index (χ2v) is 15.6. The van der Waals surface area contributed by atoms with Crippen LogP contribution in [0.25, 0.3) is 10.8 Å². The number of aliphatic hydroxyl groups is 2. The number of hydrogen-bond donors (Lipinski definition) is 7. The van der Waals surface area contributed by atoms with Gasteiger partial charge in [0.25, 0.3) is 11.7 Å². The van der Waals surface area contributed by atoms with E-state index in [9.17, 15) is 39.9 Å². The first-order valence-electron chi connectivity index (χ1n) is 19.4. The second kappa shape index (κ2) is 17.8. The third-order valence-corrected chi connectivity index (χ3v) is 11.5. The summed E-state index contributed by atoms with van der Waals surface area (Å²) in [7, 11) is 1.44. The highest BCUT2D eigenvalue weighted by atomic mass is 16.7. The van der Waals surface area contributed by atoms with Gasteiger partial charge in [-0.1, -0.05) is 45.9 Å². The van der Waals surface area contributed by atoms with Crippen LogP contribution in [0.1, 0.15) is 70.0 Å². The molecule has 1 saturated heterocycles. The Labute approximate surface area is 337 Å². The number of fused-ring (bicyclic) bond motifs is 14. The zero-order chi connectivity index (χ0) is 42.8. The number of phenolic OH excluding ortho intramolecular Hbond substituents is 3. The number of nitrogens with one attached hydrogen (secondary N) is 2. The van der Waals surface area contributed by atoms with E-state index in [-0.39, 0.29) is 44.5 Å². The number of anilines is 1. The van der Waals surface area contributed by atoms with Gasteiger partial charge >= 0.3 is 11.8 Å². The minimum Gasteiger partial charge on any atom is -0.507 e. The molecule has 16 heteroatoms. The van der Waals surface area contributed by atoms with Crippen LogP contribution in [-0.4, -0.2) is 118 Å². The number of hydrogen-bond acceptors (Lipinski definition) is 15. The van der Waals surface area contributed by atoms with E-state index in [0.29, 0.717) is 26.2 Å². The largest absolute Gasteiger partial charge is 0.507 e. The summed E-state index contributed by atoms with van der Waals surface area (Å²) in [6.45, 7) is 14.9. The molecule has 316 valence electrons. The van der Waals surface area contributed by atoms with Crippen molar-refractivity contribution >= 4 is 40.3 Å². The first-order valence-corrected chi connectivity index (χ1v) is 19.4. The summed E-state index contributed by atoms with van der Waals surface area (Å²) in [6.07, 6.45) is 4.83. The number of ketones is 1. The first kappa shape index (κ1) is 44.0. The Morgan fingerprint density at radius 1 is 0.966 bits per heavy atom. The van der Waals surface area contributed by atoms with Crippen molar-refractivity contribution in [3.8, 4) is 23.0 Å². The Balaban J connectivity index is 1.71. The Hall–Kier alpha value is -5.16. The highest BCUT2D eigenvalue weighted by molar-refractivity contribution is 6.23. The molecule has 9 atom stereocenters. The summed E-state index contributed by atoms with van der Waals surface area (Å²) >= 11 is 0. The third-order valence-electron chi connectivity index (χ3n) is 11.5. The maximum absolute atomic E-state index is 14.4. The molecule has 0 aromatic heterocycles. The van der Waals surface area contributed by atoms with Crippen molar-refractivity contribution in [2.45, 2.75) is 85.6 Å². The highest BCUT2D eigenvalue weighted by Crippen LogP contribution is 2.55. The third kappa shape index (κ3) is 8.51. The number of nitrogens with zero attached hydrogens (tertiary/aromatic N) is 2. The molecule has 0 saturated carbocycles. The topological polar surface area (TPSA) is 229 Å². The lowest BCUT2D eigenvalue weighted by molar-refractivity contribution is -0.160. The number of esters is 1. The number of allylic oxidation sites excluding steroid dienone is 2. The standard InChI is InChI=1S/C42H56N4O12/c1-20-11-10-12-21(2)41(54)45-32-27(19-44-46-16-14-43-15-17-46)36(51)29-30(37(32)52)35(50)25(6)39-31(29)40(53)42(8,58-39)56-18-13-28(55-9)22(3)38(57-26(7)47)24(5)34(49)23(4)33(20)48/h10-13,18-20,22-24,28,33-34,38,43,48-52H,14-17H2,1-9H3,(H,45,54)/b11-10?,18-13?,21-12?,44-19+/t20-,22-,23+,24+,28-,33-,34+,38+,42-/m0/s1. The number of aliphatic hydroxyl groups excluding tert-OH is 2. The Bertz CT molecular complexity index is 2040. The van der Waals surface area contributed by atoms with E-state index in [4.69, 9.17) is 18.9 Å². The fourth-order valence-corrected chi connectivity index (χ4v) is 7.78. The summed E-state index contributed by atoms with van der Waals surface area (Å²) in [5, 5.41) is 69.8. The average molecular weight is 809 g/mol. The SMILES string of the molecule is CO[C@H]1C=CO[C@@]2(C)Oc3c(C)c(O)c4c(O)c(c(/C=N/N5CCNCC5)c(O)c4c3C2=O)NC(=O)C(C)=CC=C[C@H](C)[C@H](O)[C@@H](C)[C@@H](O)[C@@H](C)[C@H](OC(C)=O)[C@H]1C. The van der Waals surface area contributed by atoms with Gasteiger partial charge in [-0.3, -0.25) is 19.4 Å². The summed E-state index contributed by atoms with van der Waals surface area (Å²) < 4.78 is 23.6. The number of phenols is 3. The summed E-state index contributed by atoms with van der Waals surface area (Å²) in [5.41, 5.74) is -0.364. The zero-order valence-electron chi connectivity index (χ0n) is 34.4. The predicted octanol–water partition coefficient (Wildman–Crippen LogP) is 3.99. The molecule has 4 aliphatic rings. The highest BCUT2D eigenvalue weighted by Gasteiger charge is 2.50. The average Bonchev–Trinajstić information content (AvgIpc) is 3.46. The number of ether oxygens (including phenoxy) is 4. The molecular formula is C42H56N4O12. The Morgan fingerprint density at radius 3 is 2.28 bits per heavy atom. The molecule has 0 aliphatic carbocycles. The number of amides is 1. The molecule has 5 bridgehead atoms. The molecule has 6 rings (SSSR count). The molecule has 0 spiro atoms. The quantitative estimate of drug-likeness (QED) is 0.100. The van der Waals surface area contributed by atoms with Crippen LogP contribution in [0.2, 0.25) is 0 Å². The number of Topliss-reactive ketones (excluding diaryl/α,β-unsaturated/α-hetero) is 1. The summed E-state index contributed by atoms with van der Waals surface area (Å²) in [6, 6.07) is 0. The van der Waals surface area contributed by atoms with Crippen LogP contribution in [0, 0.1) is 30.6 Å². The van der Waals surface area contributed by atoms with Crippen molar-refractivity contribution in [3.63, 3.8) is 0 Å². The smallest absolute Gasteiger partial charge is 0.312 e. The number of benzene rings is 2. The monoisotopic (exact) mass is 808 g/mol. The van der Waals surface area contributed by atoms with E-state index in [0.717, 1.165) is 0 Å². The van der Waals surface area contributed by atoms with E-state index in [2.05, 4.69) is 15.7 Å². The van der Waals surface area contributed by atoms with Crippen molar-refractivity contribution in [1.82, 2.24) is 10.3 Å². The van der Waals surface area contributed by atoms with Crippen LogP contribution in [0.4, 0.5) is 5.69 Å². The van der Waals surface area contributed by atoms with Gasteiger partial charge in [-0.15, -0.1) is 0 Å². The van der Waals surface area contributed by atoms with Crippen LogP contribution in [-0.2, 0) is 23.8 Å². The van der Waals surface area contributed by atoms with Gasteiger partial charge < -0.3 is 55.1 Å². The molecule has 58 heavy (non-hydrogen) atoms. The normalized spacial score (nSPS) is 30.1. The van der Waals surface area contributed by atoms with Gasteiger partial charge in [-0.25, -0.2) is 0 Å². The molecule has 1 fully saturated rings. The number of carbonyl (C=O) groups is 3. The van der Waals surface area contributed by atoms with Gasteiger partial charge in [0.15, 0.2) is 5.75 Å². The number of carbonyl (C=O) groups excluding carboxylic acids is 3. The van der Waals surface area contributed by atoms with Gasteiger partial charge in [0.2, 0.25) is 0 Å². The number of hydrazone groups is 1. The maximum Gasteiger partial charge on any atom is 0.312 e. The number of methoxy groups -OCH3 is 1. The lowest BCUT2D eigenvalue weighted by atomic mass is 9.78. The van der Waals surface area contributed by atoms with Gasteiger partial charge in [0.05, 0.1) is 53.0 Å². The van der Waals surface area contributed by atoms with Crippen LogP contribution < -0.4 is 15.4 Å². The predicted molar refractivity (Wildman–Crippen MR) is 216 cm³/mol. The molecule has 0 radical (unpaired) electrons. The van der Waals surface area contributed by atoms with Crippen LogP contribution >= 0.6 is 0 Å². The van der Waals surface area contributed by atoms with E-state index in [1.807, 2.05) is 0 Å². The Morgan fingerprint density at radius 2 is 1.64 bits per heavy atom. The molecule has 0 unspecified atom stereocenters. The van der Waals surface area contributed by atoms with E-state index >= 15 is 0 Å². The van der Waals surface area contributed by atoms with Crippen LogP contribution in [0.5, 0.6) is 23.0 Å². The van der Waals surface area contributed by atoms with E-state index < -0.39 is 88.8 Å². The molecule has 7 N–H and O–H groups in total. The van der Waals surface area contributed by atoms with Gasteiger partial charge in [-0.2, -0.15) is 5.10 Å². The molecule has 1 amide bonds. The fourth-order valence-electron chi connectivity index (χ4n) is 7.78. The molecule has 2 aromatic rings. The number of aromatic hydroxyl groups is 3. The van der Waals surface area contributed by atoms with Crippen molar-refractivity contribution in [2.24, 2.45) is 28.8 Å². The lowest BCUT2D eigenvalue weighted by Gasteiger charge is -2.38. The summed E-state index contributed by atoms with van der Waals surface area (Å²) in [5.74, 6) is -8.36. The van der Waals surface area contributed by atoms with E-state index in [1.165, 1.54) is 59.4 Å².